The summed E-state index contributed by atoms with van der Waals surface area (Å²) in [5.74, 6) is 0.401. The molecule has 6 heteroatoms. The van der Waals surface area contributed by atoms with E-state index in [-0.39, 0.29) is 5.82 Å². The van der Waals surface area contributed by atoms with Crippen LogP contribution in [0.1, 0.15) is 13.3 Å². The van der Waals surface area contributed by atoms with E-state index in [4.69, 9.17) is 0 Å². The summed E-state index contributed by atoms with van der Waals surface area (Å²) in [4.78, 5) is 13.6. The Labute approximate surface area is 90.4 Å². The highest BCUT2D eigenvalue weighted by Crippen LogP contribution is 2.12. The van der Waals surface area contributed by atoms with Crippen LogP contribution in [0, 0.1) is 16.0 Å². The number of alkyl halides is 1. The molecular weight excluding hydrogens is 250 g/mol. The third-order valence-corrected chi connectivity index (χ3v) is 2.99. The summed E-state index contributed by atoms with van der Waals surface area (Å²) in [5, 5.41) is 11.3. The van der Waals surface area contributed by atoms with Crippen LogP contribution >= 0.6 is 15.9 Å². The molecule has 0 amide bonds. The molecule has 1 heterocycles. The number of rotatable bonds is 5. The number of imidazole rings is 1. The van der Waals surface area contributed by atoms with Crippen LogP contribution in [0.2, 0.25) is 0 Å². The van der Waals surface area contributed by atoms with Crippen molar-refractivity contribution in [2.75, 3.05) is 5.33 Å². The standard InChI is InChI=1S/C8H12BrN3O2/c1-2-7(3-9)4-11-5-8(10-6-11)12(13)14/h5-7H,2-4H2,1H3. The van der Waals surface area contributed by atoms with Crippen LogP contribution in [0.3, 0.4) is 0 Å². The number of halogens is 1. The third-order valence-electron chi connectivity index (χ3n) is 2.07. The predicted molar refractivity (Wildman–Crippen MR) is 56.5 cm³/mol. The largest absolute Gasteiger partial charge is 0.381 e. The number of hydrogen-bond donors (Lipinski definition) is 0. The van der Waals surface area contributed by atoms with Crippen LogP contribution in [0.5, 0.6) is 0 Å². The molecule has 1 aromatic rings. The van der Waals surface area contributed by atoms with E-state index in [0.29, 0.717) is 5.92 Å². The highest BCUT2D eigenvalue weighted by atomic mass is 79.9. The van der Waals surface area contributed by atoms with E-state index in [1.54, 1.807) is 4.57 Å². The average molecular weight is 262 g/mol. The SMILES string of the molecule is CCC(CBr)Cn1cnc([N+](=O)[O-])c1. The molecule has 0 bridgehead atoms. The summed E-state index contributed by atoms with van der Waals surface area (Å²) < 4.78 is 1.76. The average Bonchev–Trinajstić information content (AvgIpc) is 2.62. The molecule has 0 N–H and O–H groups in total. The summed E-state index contributed by atoms with van der Waals surface area (Å²) in [6.45, 7) is 2.86. The first-order valence-corrected chi connectivity index (χ1v) is 5.51. The van der Waals surface area contributed by atoms with Crippen LogP contribution in [0.15, 0.2) is 12.5 Å². The van der Waals surface area contributed by atoms with E-state index in [1.807, 2.05) is 0 Å². The molecule has 0 aliphatic rings. The van der Waals surface area contributed by atoms with Crippen molar-refractivity contribution in [3.63, 3.8) is 0 Å². The molecule has 1 unspecified atom stereocenters. The molecule has 0 fully saturated rings. The summed E-state index contributed by atoms with van der Waals surface area (Å²) in [7, 11) is 0. The quantitative estimate of drug-likeness (QED) is 0.464. The second-order valence-electron chi connectivity index (χ2n) is 3.11. The maximum absolute atomic E-state index is 10.4. The molecule has 0 radical (unpaired) electrons. The van der Waals surface area contributed by atoms with Gasteiger partial charge in [0.05, 0.1) is 0 Å². The Balaban J connectivity index is 2.63. The van der Waals surface area contributed by atoms with Crippen molar-refractivity contribution >= 4 is 21.7 Å². The van der Waals surface area contributed by atoms with Gasteiger partial charge >= 0.3 is 5.82 Å². The van der Waals surface area contributed by atoms with Crippen molar-refractivity contribution in [2.24, 2.45) is 5.92 Å². The fraction of sp³-hybridized carbons (Fsp3) is 0.625. The maximum Gasteiger partial charge on any atom is 0.381 e. The minimum atomic E-state index is -0.481. The summed E-state index contributed by atoms with van der Waals surface area (Å²) in [5.41, 5.74) is 0. The van der Waals surface area contributed by atoms with E-state index in [0.717, 1.165) is 18.3 Å². The van der Waals surface area contributed by atoms with Gasteiger partial charge in [0.1, 0.15) is 6.20 Å². The maximum atomic E-state index is 10.4. The lowest BCUT2D eigenvalue weighted by Crippen LogP contribution is -2.09. The number of nitro groups is 1. The van der Waals surface area contributed by atoms with E-state index in [1.165, 1.54) is 12.5 Å². The molecule has 1 aromatic heterocycles. The van der Waals surface area contributed by atoms with Gasteiger partial charge in [-0.25, -0.2) is 0 Å². The zero-order chi connectivity index (χ0) is 10.6. The molecule has 0 aliphatic heterocycles. The smallest absolute Gasteiger partial charge is 0.358 e. The number of hydrogen-bond acceptors (Lipinski definition) is 3. The van der Waals surface area contributed by atoms with Crippen LogP contribution in [-0.2, 0) is 6.54 Å². The van der Waals surface area contributed by atoms with E-state index in [9.17, 15) is 10.1 Å². The molecule has 0 aliphatic carbocycles. The summed E-state index contributed by atoms with van der Waals surface area (Å²) in [6.07, 6.45) is 4.01. The minimum absolute atomic E-state index is 0.0885. The molecule has 1 atom stereocenters. The van der Waals surface area contributed by atoms with Crippen molar-refractivity contribution in [1.82, 2.24) is 9.55 Å². The Morgan fingerprint density at radius 1 is 1.79 bits per heavy atom. The fourth-order valence-electron chi connectivity index (χ4n) is 1.13. The van der Waals surface area contributed by atoms with Crippen molar-refractivity contribution in [2.45, 2.75) is 19.9 Å². The molecule has 0 saturated heterocycles. The first-order chi connectivity index (χ1) is 6.67. The van der Waals surface area contributed by atoms with Gasteiger partial charge in [-0.15, -0.1) is 0 Å². The summed E-state index contributed by atoms with van der Waals surface area (Å²) in [6, 6.07) is 0. The molecule has 0 aromatic carbocycles. The monoisotopic (exact) mass is 261 g/mol. The zero-order valence-corrected chi connectivity index (χ0v) is 9.48. The molecular formula is C8H12BrN3O2. The van der Waals surface area contributed by atoms with Gasteiger partial charge in [-0.05, 0) is 15.8 Å². The van der Waals surface area contributed by atoms with E-state index < -0.39 is 4.92 Å². The van der Waals surface area contributed by atoms with Crippen molar-refractivity contribution < 1.29 is 4.92 Å². The Morgan fingerprint density at radius 3 is 2.93 bits per heavy atom. The van der Waals surface area contributed by atoms with Gasteiger partial charge in [-0.2, -0.15) is 0 Å². The van der Waals surface area contributed by atoms with Gasteiger partial charge in [0, 0.05) is 11.9 Å². The number of aromatic nitrogens is 2. The number of nitrogens with zero attached hydrogens (tertiary/aromatic N) is 3. The lowest BCUT2D eigenvalue weighted by Gasteiger charge is -2.09. The van der Waals surface area contributed by atoms with Gasteiger partial charge < -0.3 is 14.7 Å². The Hall–Kier alpha value is -0.910. The van der Waals surface area contributed by atoms with Gasteiger partial charge in [-0.1, -0.05) is 29.3 Å². The van der Waals surface area contributed by atoms with Crippen molar-refractivity contribution in [3.8, 4) is 0 Å². The molecule has 0 spiro atoms. The lowest BCUT2D eigenvalue weighted by atomic mass is 10.1. The topological polar surface area (TPSA) is 61.0 Å². The zero-order valence-electron chi connectivity index (χ0n) is 7.89. The molecule has 0 saturated carbocycles. The highest BCUT2D eigenvalue weighted by Gasteiger charge is 2.12. The van der Waals surface area contributed by atoms with Gasteiger partial charge in [0.25, 0.3) is 0 Å². The van der Waals surface area contributed by atoms with Crippen LogP contribution in [0.25, 0.3) is 0 Å². The van der Waals surface area contributed by atoms with Gasteiger partial charge in [0.2, 0.25) is 6.33 Å². The molecule has 1 rings (SSSR count). The van der Waals surface area contributed by atoms with Crippen LogP contribution in [0.4, 0.5) is 5.82 Å². The van der Waals surface area contributed by atoms with Gasteiger partial charge in [-0.3, -0.25) is 0 Å². The van der Waals surface area contributed by atoms with Crippen molar-refractivity contribution in [3.05, 3.63) is 22.6 Å². The second-order valence-corrected chi connectivity index (χ2v) is 3.76. The first-order valence-electron chi connectivity index (χ1n) is 4.39. The fourth-order valence-corrected chi connectivity index (χ4v) is 1.79. The highest BCUT2D eigenvalue weighted by molar-refractivity contribution is 9.09. The summed E-state index contributed by atoms with van der Waals surface area (Å²) >= 11 is 3.40. The van der Waals surface area contributed by atoms with Crippen molar-refractivity contribution in [1.29, 1.82) is 0 Å². The Morgan fingerprint density at radius 2 is 2.50 bits per heavy atom. The van der Waals surface area contributed by atoms with Crippen LogP contribution < -0.4 is 0 Å². The second kappa shape index (κ2) is 5.09. The first kappa shape index (κ1) is 11.2. The van der Waals surface area contributed by atoms with E-state index in [2.05, 4.69) is 27.8 Å². The lowest BCUT2D eigenvalue weighted by molar-refractivity contribution is -0.389. The third kappa shape index (κ3) is 2.80. The molecule has 14 heavy (non-hydrogen) atoms. The normalized spacial score (nSPS) is 12.7. The molecule has 78 valence electrons. The molecule has 5 nitrogen and oxygen atoms in total. The van der Waals surface area contributed by atoms with Gasteiger partial charge in [0.15, 0.2) is 0 Å². The van der Waals surface area contributed by atoms with Crippen LogP contribution in [-0.4, -0.2) is 19.8 Å². The Kier molecular flexibility index (Phi) is 4.06. The van der Waals surface area contributed by atoms with E-state index >= 15 is 0 Å². The Bertz CT molecular complexity index is 309. The minimum Gasteiger partial charge on any atom is -0.358 e. The predicted octanol–water partition coefficient (Wildman–Crippen LogP) is 2.21.